The zero-order valence-electron chi connectivity index (χ0n) is 19.5. The third kappa shape index (κ3) is 5.86. The number of carbonyl (C=O) groups is 1. The highest BCUT2D eigenvalue weighted by atomic mass is 19.4. The lowest BCUT2D eigenvalue weighted by Crippen LogP contribution is -2.25. The monoisotopic (exact) mass is 470 g/mol. The number of amides is 1. The molecule has 1 atom stereocenters. The Labute approximate surface area is 197 Å². The van der Waals surface area contributed by atoms with E-state index in [4.69, 9.17) is 0 Å². The molecule has 5 nitrogen and oxygen atoms in total. The van der Waals surface area contributed by atoms with Gasteiger partial charge >= 0.3 is 6.18 Å². The Morgan fingerprint density at radius 2 is 1.76 bits per heavy atom. The maximum absolute atomic E-state index is 12.8. The second kappa shape index (κ2) is 9.25. The lowest BCUT2D eigenvalue weighted by Gasteiger charge is -2.23. The molecule has 0 spiro atoms. The molecule has 34 heavy (non-hydrogen) atoms. The summed E-state index contributed by atoms with van der Waals surface area (Å²) in [7, 11) is 0. The predicted molar refractivity (Wildman–Crippen MR) is 126 cm³/mol. The molecule has 1 saturated carbocycles. The Hall–Kier alpha value is -3.13. The number of halogens is 3. The molecule has 1 fully saturated rings. The van der Waals surface area contributed by atoms with Crippen LogP contribution < -0.4 is 10.6 Å². The van der Waals surface area contributed by atoms with Crippen molar-refractivity contribution in [3.63, 3.8) is 0 Å². The van der Waals surface area contributed by atoms with E-state index >= 15 is 0 Å². The molecule has 1 aromatic heterocycles. The molecule has 0 bridgehead atoms. The molecule has 0 saturated heterocycles. The van der Waals surface area contributed by atoms with Crippen LogP contribution in [-0.2, 0) is 11.6 Å². The Balaban J connectivity index is 1.55. The minimum Gasteiger partial charge on any atom is -0.321 e. The highest BCUT2D eigenvalue weighted by Gasteiger charge is 2.34. The van der Waals surface area contributed by atoms with E-state index in [2.05, 4.69) is 65.9 Å². The van der Waals surface area contributed by atoms with E-state index in [0.29, 0.717) is 17.7 Å². The van der Waals surface area contributed by atoms with Gasteiger partial charge in [0, 0.05) is 11.8 Å². The van der Waals surface area contributed by atoms with E-state index in [-0.39, 0.29) is 17.2 Å². The first-order valence-corrected chi connectivity index (χ1v) is 11.4. The van der Waals surface area contributed by atoms with Crippen LogP contribution in [0.5, 0.6) is 0 Å². The van der Waals surface area contributed by atoms with Gasteiger partial charge in [-0.25, -0.2) is 0 Å². The van der Waals surface area contributed by atoms with Crippen LogP contribution in [0.15, 0.2) is 54.6 Å². The number of carbonyl (C=O) groups excluding carboxylic acids is 1. The molecular formula is C26H29F3N4O. The second-order valence-electron chi connectivity index (χ2n) is 9.90. The van der Waals surface area contributed by atoms with Crippen molar-refractivity contribution in [3.05, 3.63) is 82.7 Å². The van der Waals surface area contributed by atoms with Crippen molar-refractivity contribution in [2.24, 2.45) is 5.92 Å². The smallest absolute Gasteiger partial charge is 0.321 e. The van der Waals surface area contributed by atoms with Crippen LogP contribution in [-0.4, -0.2) is 22.6 Å². The van der Waals surface area contributed by atoms with E-state index in [9.17, 15) is 18.0 Å². The molecule has 180 valence electrons. The minimum atomic E-state index is -4.61. The third-order valence-corrected chi connectivity index (χ3v) is 6.01. The van der Waals surface area contributed by atoms with Crippen molar-refractivity contribution < 1.29 is 18.0 Å². The van der Waals surface area contributed by atoms with Gasteiger partial charge in [0.2, 0.25) is 0 Å². The number of H-pyrrole nitrogens is 1. The molecule has 0 aliphatic heterocycles. The third-order valence-electron chi connectivity index (χ3n) is 6.01. The summed E-state index contributed by atoms with van der Waals surface area (Å²) in [6.07, 6.45) is -2.16. The Bertz CT molecular complexity index is 1140. The highest BCUT2D eigenvalue weighted by molar-refractivity contribution is 6.02. The number of rotatable bonds is 7. The zero-order valence-corrected chi connectivity index (χ0v) is 19.5. The minimum absolute atomic E-state index is 0.0539. The summed E-state index contributed by atoms with van der Waals surface area (Å²) >= 11 is 0. The lowest BCUT2D eigenvalue weighted by molar-refractivity contribution is -0.141. The number of anilines is 1. The summed E-state index contributed by atoms with van der Waals surface area (Å²) in [5, 5.41) is 11.7. The van der Waals surface area contributed by atoms with Gasteiger partial charge in [-0.15, -0.1) is 0 Å². The number of benzene rings is 2. The highest BCUT2D eigenvalue weighted by Crippen LogP contribution is 2.32. The van der Waals surface area contributed by atoms with Crippen molar-refractivity contribution in [2.45, 2.75) is 51.2 Å². The quantitative estimate of drug-likeness (QED) is 0.393. The van der Waals surface area contributed by atoms with Crippen LogP contribution in [0.3, 0.4) is 0 Å². The molecule has 2 aromatic carbocycles. The van der Waals surface area contributed by atoms with Crippen molar-refractivity contribution >= 4 is 11.6 Å². The number of alkyl halides is 3. The first kappa shape index (κ1) is 24.0. The molecule has 4 rings (SSSR count). The maximum atomic E-state index is 12.8. The molecule has 0 radical (unpaired) electrons. The predicted octanol–water partition coefficient (Wildman–Crippen LogP) is 6.07. The summed E-state index contributed by atoms with van der Waals surface area (Å²) in [5.74, 6) is -0.000361. The van der Waals surface area contributed by atoms with E-state index in [0.717, 1.165) is 17.7 Å². The van der Waals surface area contributed by atoms with Crippen LogP contribution in [0, 0.1) is 5.92 Å². The summed E-state index contributed by atoms with van der Waals surface area (Å²) < 4.78 is 38.4. The largest absolute Gasteiger partial charge is 0.435 e. The second-order valence-corrected chi connectivity index (χ2v) is 9.90. The van der Waals surface area contributed by atoms with E-state index < -0.39 is 17.8 Å². The van der Waals surface area contributed by atoms with E-state index in [1.54, 1.807) is 6.07 Å². The summed E-state index contributed by atoms with van der Waals surface area (Å²) in [6.45, 7) is 7.42. The van der Waals surface area contributed by atoms with Gasteiger partial charge in [-0.2, -0.15) is 18.3 Å². The van der Waals surface area contributed by atoms with Gasteiger partial charge in [-0.3, -0.25) is 9.89 Å². The number of nitrogens with one attached hydrogen (secondary N) is 3. The van der Waals surface area contributed by atoms with Crippen molar-refractivity contribution in [1.29, 1.82) is 0 Å². The molecular weight excluding hydrogens is 441 g/mol. The van der Waals surface area contributed by atoms with Crippen LogP contribution in [0.4, 0.5) is 18.9 Å². The van der Waals surface area contributed by atoms with Crippen molar-refractivity contribution in [2.75, 3.05) is 11.9 Å². The molecule has 3 N–H and O–H groups in total. The van der Waals surface area contributed by atoms with Crippen LogP contribution >= 0.6 is 0 Å². The Morgan fingerprint density at radius 3 is 2.35 bits per heavy atom. The average molecular weight is 471 g/mol. The topological polar surface area (TPSA) is 69.8 Å². The van der Waals surface area contributed by atoms with Crippen molar-refractivity contribution in [3.8, 4) is 0 Å². The zero-order chi connectivity index (χ0) is 24.5. The summed E-state index contributed by atoms with van der Waals surface area (Å²) in [4.78, 5) is 12.5. The van der Waals surface area contributed by atoms with Gasteiger partial charge in [0.1, 0.15) is 5.69 Å². The fourth-order valence-corrected chi connectivity index (χ4v) is 3.79. The van der Waals surface area contributed by atoms with Crippen LogP contribution in [0.25, 0.3) is 0 Å². The number of hydrogen-bond donors (Lipinski definition) is 3. The maximum Gasteiger partial charge on any atom is 0.435 e. The van der Waals surface area contributed by atoms with Gasteiger partial charge in [-0.1, -0.05) is 57.2 Å². The summed E-state index contributed by atoms with van der Waals surface area (Å²) in [6, 6.07) is 16.5. The molecule has 1 aliphatic rings. The standard InChI is InChI=1S/C26H29F3N4O/c1-25(2,3)19-11-9-17(10-12-19)23(30-15-16-7-8-16)18-5-4-6-20(13-18)31-24(34)21-14-22(33-32-21)26(27,28)29/h4-6,9-14,16,23,30H,7-8,15H2,1-3H3,(H,31,34)(H,32,33). The van der Waals surface area contributed by atoms with Gasteiger partial charge < -0.3 is 10.6 Å². The number of nitrogens with zero attached hydrogens (tertiary/aromatic N) is 1. The van der Waals surface area contributed by atoms with Crippen molar-refractivity contribution in [1.82, 2.24) is 15.5 Å². The number of aromatic amines is 1. The lowest BCUT2D eigenvalue weighted by atomic mass is 9.85. The molecule has 1 unspecified atom stereocenters. The van der Waals surface area contributed by atoms with Gasteiger partial charge in [0.05, 0.1) is 6.04 Å². The average Bonchev–Trinajstić information content (AvgIpc) is 3.44. The molecule has 3 aromatic rings. The van der Waals surface area contributed by atoms with E-state index in [1.807, 2.05) is 18.2 Å². The summed E-state index contributed by atoms with van der Waals surface area (Å²) in [5.41, 5.74) is 2.49. The fraction of sp³-hybridized carbons (Fsp3) is 0.385. The normalized spacial score (nSPS) is 15.2. The first-order chi connectivity index (χ1) is 16.0. The van der Waals surface area contributed by atoms with Gasteiger partial charge in [0.15, 0.2) is 5.69 Å². The fourth-order valence-electron chi connectivity index (χ4n) is 3.79. The Kier molecular flexibility index (Phi) is 6.53. The van der Waals surface area contributed by atoms with E-state index in [1.165, 1.54) is 18.4 Å². The molecule has 1 amide bonds. The molecule has 1 aliphatic carbocycles. The van der Waals surface area contributed by atoms with Gasteiger partial charge in [0.25, 0.3) is 5.91 Å². The van der Waals surface area contributed by atoms with Crippen LogP contribution in [0.2, 0.25) is 0 Å². The van der Waals surface area contributed by atoms with Gasteiger partial charge in [-0.05, 0) is 59.5 Å². The van der Waals surface area contributed by atoms with Crippen LogP contribution in [0.1, 0.15) is 72.5 Å². The number of aromatic nitrogens is 2. The first-order valence-electron chi connectivity index (χ1n) is 11.4. The SMILES string of the molecule is CC(C)(C)c1ccc(C(NCC2CC2)c2cccc(NC(=O)c3cc(C(F)(F)F)n[nH]3)c2)cc1. The Morgan fingerprint density at radius 1 is 1.06 bits per heavy atom. The molecule has 8 heteroatoms. The molecule has 1 heterocycles. The number of hydrogen-bond acceptors (Lipinski definition) is 3.